The van der Waals surface area contributed by atoms with E-state index in [2.05, 4.69) is 47.5 Å². The number of hydrazine groups is 1. The number of rotatable bonds is 2. The molecule has 0 radical (unpaired) electrons. The van der Waals surface area contributed by atoms with Gasteiger partial charge in [-0.1, -0.05) is 13.8 Å². The molecule has 0 spiro atoms. The summed E-state index contributed by atoms with van der Waals surface area (Å²) in [7, 11) is 0. The molecule has 0 bridgehead atoms. The minimum absolute atomic E-state index is 0.349. The van der Waals surface area contributed by atoms with E-state index in [0.717, 1.165) is 25.5 Å². The number of thiophene rings is 1. The van der Waals surface area contributed by atoms with Gasteiger partial charge >= 0.3 is 0 Å². The van der Waals surface area contributed by atoms with Crippen LogP contribution < -0.4 is 11.3 Å². The van der Waals surface area contributed by atoms with Crippen LogP contribution in [0.1, 0.15) is 37.3 Å². The van der Waals surface area contributed by atoms with Crippen molar-refractivity contribution in [1.82, 2.24) is 10.3 Å². The molecular formula is C13H22N4S. The SMILES string of the molecule is CC(C)CN=C(NN)N1CCc2sccc2C1C. The molecule has 0 aromatic carbocycles. The molecule has 2 rings (SSSR count). The number of nitrogens with zero attached hydrogens (tertiary/aromatic N) is 2. The van der Waals surface area contributed by atoms with Crippen molar-refractivity contribution >= 4 is 17.3 Å². The van der Waals surface area contributed by atoms with Crippen molar-refractivity contribution in [1.29, 1.82) is 0 Å². The number of fused-ring (bicyclic) bond motifs is 1. The highest BCUT2D eigenvalue weighted by molar-refractivity contribution is 7.10. The highest BCUT2D eigenvalue weighted by Crippen LogP contribution is 2.32. The minimum Gasteiger partial charge on any atom is -0.335 e. The van der Waals surface area contributed by atoms with Crippen LogP contribution in [0.3, 0.4) is 0 Å². The molecular weight excluding hydrogens is 244 g/mol. The van der Waals surface area contributed by atoms with Crippen molar-refractivity contribution in [3.05, 3.63) is 21.9 Å². The number of guanidine groups is 1. The van der Waals surface area contributed by atoms with Crippen LogP contribution in [0.2, 0.25) is 0 Å². The first-order valence-electron chi connectivity index (χ1n) is 6.47. The predicted molar refractivity (Wildman–Crippen MR) is 77.6 cm³/mol. The van der Waals surface area contributed by atoms with Gasteiger partial charge in [0.25, 0.3) is 0 Å². The third kappa shape index (κ3) is 2.67. The van der Waals surface area contributed by atoms with Crippen LogP contribution in [-0.4, -0.2) is 23.9 Å². The van der Waals surface area contributed by atoms with Crippen LogP contribution in [0.4, 0.5) is 0 Å². The summed E-state index contributed by atoms with van der Waals surface area (Å²) in [4.78, 5) is 8.34. The van der Waals surface area contributed by atoms with Crippen molar-refractivity contribution in [3.8, 4) is 0 Å². The second-order valence-corrected chi connectivity index (χ2v) is 6.12. The molecule has 3 N–H and O–H groups in total. The summed E-state index contributed by atoms with van der Waals surface area (Å²) in [5.41, 5.74) is 4.18. The van der Waals surface area contributed by atoms with E-state index in [-0.39, 0.29) is 0 Å². The lowest BCUT2D eigenvalue weighted by molar-refractivity contribution is 0.309. The Morgan fingerprint density at radius 2 is 2.44 bits per heavy atom. The van der Waals surface area contributed by atoms with Crippen LogP contribution >= 0.6 is 11.3 Å². The molecule has 0 aliphatic carbocycles. The van der Waals surface area contributed by atoms with Gasteiger partial charge in [-0.25, -0.2) is 5.84 Å². The maximum Gasteiger partial charge on any atom is 0.208 e. The molecule has 1 aromatic rings. The lowest BCUT2D eigenvalue weighted by atomic mass is 10.0. The molecule has 100 valence electrons. The van der Waals surface area contributed by atoms with E-state index in [4.69, 9.17) is 5.84 Å². The largest absolute Gasteiger partial charge is 0.335 e. The summed E-state index contributed by atoms with van der Waals surface area (Å²) >= 11 is 1.85. The second-order valence-electron chi connectivity index (χ2n) is 5.12. The van der Waals surface area contributed by atoms with E-state index < -0.39 is 0 Å². The number of aliphatic imine (C=N–C) groups is 1. The Balaban J connectivity index is 2.16. The van der Waals surface area contributed by atoms with Crippen LogP contribution in [-0.2, 0) is 6.42 Å². The fourth-order valence-corrected chi connectivity index (χ4v) is 3.25. The molecule has 0 fully saturated rings. The Morgan fingerprint density at radius 3 is 3.11 bits per heavy atom. The Bertz CT molecular complexity index is 424. The summed E-state index contributed by atoms with van der Waals surface area (Å²) in [5, 5.41) is 2.17. The van der Waals surface area contributed by atoms with Crippen LogP contribution in [0.15, 0.2) is 16.4 Å². The number of hydrogen-bond donors (Lipinski definition) is 2. The van der Waals surface area contributed by atoms with Gasteiger partial charge in [-0.3, -0.25) is 10.4 Å². The zero-order chi connectivity index (χ0) is 13.1. The van der Waals surface area contributed by atoms with E-state index in [1.54, 1.807) is 0 Å². The number of hydrogen-bond acceptors (Lipinski definition) is 3. The van der Waals surface area contributed by atoms with Gasteiger partial charge in [-0.2, -0.15) is 0 Å². The lowest BCUT2D eigenvalue weighted by Gasteiger charge is -2.35. The number of nitrogens with one attached hydrogen (secondary N) is 1. The standard InChI is InChI=1S/C13H22N4S/c1-9(2)8-15-13(16-14)17-6-4-12-11(10(17)3)5-7-18-12/h5,7,9-10H,4,6,8,14H2,1-3H3,(H,15,16). The highest BCUT2D eigenvalue weighted by Gasteiger charge is 2.26. The average molecular weight is 266 g/mol. The maximum absolute atomic E-state index is 5.63. The van der Waals surface area contributed by atoms with Gasteiger partial charge in [0, 0.05) is 18.0 Å². The molecule has 4 nitrogen and oxygen atoms in total. The number of nitrogens with two attached hydrogens (primary N) is 1. The molecule has 1 atom stereocenters. The Hall–Kier alpha value is -1.07. The molecule has 2 heterocycles. The molecule has 18 heavy (non-hydrogen) atoms. The minimum atomic E-state index is 0.349. The third-order valence-electron chi connectivity index (χ3n) is 3.28. The smallest absolute Gasteiger partial charge is 0.208 e. The zero-order valence-corrected chi connectivity index (χ0v) is 12.1. The molecule has 0 saturated carbocycles. The normalized spacial score (nSPS) is 20.2. The van der Waals surface area contributed by atoms with E-state index in [1.807, 2.05) is 11.3 Å². The lowest BCUT2D eigenvalue weighted by Crippen LogP contribution is -2.48. The van der Waals surface area contributed by atoms with Crippen LogP contribution in [0.5, 0.6) is 0 Å². The monoisotopic (exact) mass is 266 g/mol. The highest BCUT2D eigenvalue weighted by atomic mass is 32.1. The average Bonchev–Trinajstić information content (AvgIpc) is 2.81. The van der Waals surface area contributed by atoms with Crippen LogP contribution in [0, 0.1) is 5.92 Å². The Labute approximate surface area is 113 Å². The van der Waals surface area contributed by atoms with Gasteiger partial charge in [-0.15, -0.1) is 11.3 Å². The van der Waals surface area contributed by atoms with Crippen molar-refractivity contribution in [2.24, 2.45) is 16.8 Å². The first kappa shape index (κ1) is 13.4. The summed E-state index contributed by atoms with van der Waals surface area (Å²) in [6.45, 7) is 8.32. The van der Waals surface area contributed by atoms with Gasteiger partial charge in [0.1, 0.15) is 0 Å². The van der Waals surface area contributed by atoms with Crippen molar-refractivity contribution in [2.45, 2.75) is 33.2 Å². The van der Waals surface area contributed by atoms with E-state index in [0.29, 0.717) is 12.0 Å². The second kappa shape index (κ2) is 5.71. The van der Waals surface area contributed by atoms with Gasteiger partial charge in [-0.05, 0) is 36.3 Å². The summed E-state index contributed by atoms with van der Waals surface area (Å²) in [6.07, 6.45) is 1.08. The maximum atomic E-state index is 5.63. The molecule has 1 aliphatic heterocycles. The van der Waals surface area contributed by atoms with Crippen molar-refractivity contribution < 1.29 is 0 Å². The van der Waals surface area contributed by atoms with Gasteiger partial charge in [0.2, 0.25) is 5.96 Å². The summed E-state index contributed by atoms with van der Waals surface area (Å²) in [5.74, 6) is 6.99. The van der Waals surface area contributed by atoms with Gasteiger partial charge < -0.3 is 4.90 Å². The van der Waals surface area contributed by atoms with E-state index in [9.17, 15) is 0 Å². The molecule has 0 saturated heterocycles. The zero-order valence-electron chi connectivity index (χ0n) is 11.3. The third-order valence-corrected chi connectivity index (χ3v) is 4.28. The molecule has 0 amide bonds. The Kier molecular flexibility index (Phi) is 4.24. The van der Waals surface area contributed by atoms with Gasteiger partial charge in [0.05, 0.1) is 6.04 Å². The molecule has 1 aliphatic rings. The fraction of sp³-hybridized carbons (Fsp3) is 0.615. The summed E-state index contributed by atoms with van der Waals surface area (Å²) in [6, 6.07) is 2.56. The van der Waals surface area contributed by atoms with E-state index >= 15 is 0 Å². The quantitative estimate of drug-likeness (QED) is 0.373. The molecule has 1 aromatic heterocycles. The van der Waals surface area contributed by atoms with Crippen molar-refractivity contribution in [3.63, 3.8) is 0 Å². The topological polar surface area (TPSA) is 53.6 Å². The van der Waals surface area contributed by atoms with Crippen molar-refractivity contribution in [2.75, 3.05) is 13.1 Å². The Morgan fingerprint density at radius 1 is 1.67 bits per heavy atom. The summed E-state index contributed by atoms with van der Waals surface area (Å²) < 4.78 is 0. The first-order chi connectivity index (χ1) is 8.63. The molecule has 5 heteroatoms. The first-order valence-corrected chi connectivity index (χ1v) is 7.35. The van der Waals surface area contributed by atoms with E-state index in [1.165, 1.54) is 10.4 Å². The predicted octanol–water partition coefficient (Wildman–Crippen LogP) is 2.14. The fourth-order valence-electron chi connectivity index (χ4n) is 2.29. The van der Waals surface area contributed by atoms with Gasteiger partial charge in [0.15, 0.2) is 0 Å². The van der Waals surface area contributed by atoms with Crippen LogP contribution in [0.25, 0.3) is 0 Å². The molecule has 1 unspecified atom stereocenters.